The number of nitrogens with one attached hydrogen (secondary N) is 2. The molecule has 1 atom stereocenters. The van der Waals surface area contributed by atoms with Crippen molar-refractivity contribution in [2.75, 3.05) is 7.11 Å². The summed E-state index contributed by atoms with van der Waals surface area (Å²) in [7, 11) is 1.64. The summed E-state index contributed by atoms with van der Waals surface area (Å²) in [5.41, 5.74) is 5.11. The average Bonchev–Trinajstić information content (AvgIpc) is 3.29. The van der Waals surface area contributed by atoms with Gasteiger partial charge in [-0.15, -0.1) is 0 Å². The fraction of sp³-hybridized carbons (Fsp3) is 0.350. The molecule has 1 unspecified atom stereocenters. The maximum atomic E-state index is 12.6. The van der Waals surface area contributed by atoms with Crippen LogP contribution in [0.2, 0.25) is 0 Å². The van der Waals surface area contributed by atoms with Crippen LogP contribution in [0.25, 0.3) is 0 Å². The molecule has 0 aliphatic carbocycles. The smallest absolute Gasteiger partial charge is 0.272 e. The van der Waals surface area contributed by atoms with E-state index in [0.717, 1.165) is 34.0 Å². The van der Waals surface area contributed by atoms with E-state index in [4.69, 9.17) is 9.47 Å². The minimum atomic E-state index is -0.208. The molecule has 2 aromatic heterocycles. The molecular weight excluding hydrogens is 358 g/mol. The summed E-state index contributed by atoms with van der Waals surface area (Å²) in [5, 5.41) is 10.0. The standard InChI is InChI=1S/C20H23N5O3/c1-12-16(13(2)24-23-12)8-21-20(26)19-17-10-28-18(9-25(17)11-22-19)14-4-6-15(27-3)7-5-14/h4-7,11,18H,8-10H2,1-3H3,(H,21,26)(H,23,24). The minimum absolute atomic E-state index is 0.0836. The van der Waals surface area contributed by atoms with Gasteiger partial charge < -0.3 is 19.4 Å². The van der Waals surface area contributed by atoms with Gasteiger partial charge in [-0.25, -0.2) is 4.98 Å². The van der Waals surface area contributed by atoms with E-state index in [1.54, 1.807) is 13.4 Å². The van der Waals surface area contributed by atoms with Crippen molar-refractivity contribution in [3.05, 3.63) is 64.5 Å². The number of aromatic amines is 1. The summed E-state index contributed by atoms with van der Waals surface area (Å²) in [6.45, 7) is 5.21. The number of methoxy groups -OCH3 is 1. The number of fused-ring (bicyclic) bond motifs is 1. The predicted octanol–water partition coefficient (Wildman–Crippen LogP) is 2.43. The summed E-state index contributed by atoms with van der Waals surface area (Å²) in [6, 6.07) is 7.82. The van der Waals surface area contributed by atoms with E-state index >= 15 is 0 Å². The van der Waals surface area contributed by atoms with Gasteiger partial charge in [0, 0.05) is 17.8 Å². The molecule has 1 amide bonds. The van der Waals surface area contributed by atoms with Crippen molar-refractivity contribution in [2.24, 2.45) is 0 Å². The van der Waals surface area contributed by atoms with Gasteiger partial charge in [-0.3, -0.25) is 9.89 Å². The van der Waals surface area contributed by atoms with Gasteiger partial charge >= 0.3 is 0 Å². The molecule has 0 saturated heterocycles. The molecule has 1 aliphatic rings. The number of carbonyl (C=O) groups excluding carboxylic acids is 1. The van der Waals surface area contributed by atoms with E-state index in [2.05, 4.69) is 20.5 Å². The number of carbonyl (C=O) groups is 1. The number of nitrogens with zero attached hydrogens (tertiary/aromatic N) is 3. The van der Waals surface area contributed by atoms with Gasteiger partial charge in [-0.05, 0) is 31.5 Å². The van der Waals surface area contributed by atoms with Crippen LogP contribution >= 0.6 is 0 Å². The summed E-state index contributed by atoms with van der Waals surface area (Å²) in [5.74, 6) is 0.602. The molecule has 3 heterocycles. The molecule has 28 heavy (non-hydrogen) atoms. The van der Waals surface area contributed by atoms with Crippen LogP contribution in [0.1, 0.15) is 44.8 Å². The quantitative estimate of drug-likeness (QED) is 0.708. The van der Waals surface area contributed by atoms with Crippen LogP contribution in [0.4, 0.5) is 0 Å². The first-order chi connectivity index (χ1) is 13.6. The van der Waals surface area contributed by atoms with E-state index in [-0.39, 0.29) is 12.0 Å². The van der Waals surface area contributed by atoms with Crippen molar-refractivity contribution in [3.63, 3.8) is 0 Å². The van der Waals surface area contributed by atoms with Crippen LogP contribution in [0.3, 0.4) is 0 Å². The highest BCUT2D eigenvalue weighted by Crippen LogP contribution is 2.28. The van der Waals surface area contributed by atoms with E-state index in [9.17, 15) is 4.79 Å². The normalized spacial score (nSPS) is 15.9. The first kappa shape index (κ1) is 18.2. The second-order valence-electron chi connectivity index (χ2n) is 6.86. The Bertz CT molecular complexity index is 970. The maximum absolute atomic E-state index is 12.6. The number of aryl methyl sites for hydroxylation is 2. The van der Waals surface area contributed by atoms with E-state index in [1.807, 2.05) is 42.7 Å². The molecule has 3 aromatic rings. The fourth-order valence-electron chi connectivity index (χ4n) is 3.42. The van der Waals surface area contributed by atoms with Crippen LogP contribution in [-0.2, 0) is 24.4 Å². The zero-order valence-corrected chi connectivity index (χ0v) is 16.2. The SMILES string of the molecule is COc1ccc(C2Cn3cnc(C(=O)NCc4c(C)n[nH]c4C)c3CO2)cc1. The molecule has 0 bridgehead atoms. The molecule has 146 valence electrons. The Kier molecular flexibility index (Phi) is 4.87. The number of ether oxygens (including phenoxy) is 2. The van der Waals surface area contributed by atoms with Crippen LogP contribution in [0.5, 0.6) is 5.75 Å². The van der Waals surface area contributed by atoms with Crippen LogP contribution in [0, 0.1) is 13.8 Å². The van der Waals surface area contributed by atoms with Crippen molar-refractivity contribution >= 4 is 5.91 Å². The largest absolute Gasteiger partial charge is 0.497 e. The highest BCUT2D eigenvalue weighted by Gasteiger charge is 2.26. The molecule has 2 N–H and O–H groups in total. The molecular formula is C20H23N5O3. The van der Waals surface area contributed by atoms with Crippen molar-refractivity contribution in [3.8, 4) is 5.75 Å². The summed E-state index contributed by atoms with van der Waals surface area (Å²) in [6.07, 6.45) is 1.62. The van der Waals surface area contributed by atoms with Gasteiger partial charge in [0.15, 0.2) is 5.69 Å². The predicted molar refractivity (Wildman–Crippen MR) is 102 cm³/mol. The molecule has 1 aromatic carbocycles. The second-order valence-corrected chi connectivity index (χ2v) is 6.86. The molecule has 8 nitrogen and oxygen atoms in total. The Morgan fingerprint density at radius 2 is 2.14 bits per heavy atom. The van der Waals surface area contributed by atoms with Crippen LogP contribution in [0.15, 0.2) is 30.6 Å². The van der Waals surface area contributed by atoms with E-state index in [0.29, 0.717) is 25.4 Å². The van der Waals surface area contributed by atoms with Gasteiger partial charge in [-0.1, -0.05) is 12.1 Å². The third-order valence-electron chi connectivity index (χ3n) is 5.14. The Balaban J connectivity index is 1.45. The number of hydrogen-bond donors (Lipinski definition) is 2. The highest BCUT2D eigenvalue weighted by molar-refractivity contribution is 5.93. The number of aromatic nitrogens is 4. The van der Waals surface area contributed by atoms with Gasteiger partial charge in [0.2, 0.25) is 0 Å². The van der Waals surface area contributed by atoms with Gasteiger partial charge in [0.1, 0.15) is 11.9 Å². The molecule has 0 saturated carbocycles. The molecule has 0 radical (unpaired) electrons. The first-order valence-corrected chi connectivity index (χ1v) is 9.15. The monoisotopic (exact) mass is 381 g/mol. The molecule has 1 aliphatic heterocycles. The maximum Gasteiger partial charge on any atom is 0.272 e. The lowest BCUT2D eigenvalue weighted by Crippen LogP contribution is -2.27. The van der Waals surface area contributed by atoms with Crippen molar-refractivity contribution in [1.82, 2.24) is 25.1 Å². The van der Waals surface area contributed by atoms with Crippen molar-refractivity contribution in [2.45, 2.75) is 39.6 Å². The van der Waals surface area contributed by atoms with Gasteiger partial charge in [0.25, 0.3) is 5.91 Å². The Labute approximate surface area is 162 Å². The summed E-state index contributed by atoms with van der Waals surface area (Å²) < 4.78 is 13.2. The summed E-state index contributed by atoms with van der Waals surface area (Å²) >= 11 is 0. The number of hydrogen-bond acceptors (Lipinski definition) is 5. The summed E-state index contributed by atoms with van der Waals surface area (Å²) in [4.78, 5) is 17.0. The third kappa shape index (κ3) is 3.38. The number of benzene rings is 1. The third-order valence-corrected chi connectivity index (χ3v) is 5.14. The number of H-pyrrole nitrogens is 1. The molecule has 4 rings (SSSR count). The van der Waals surface area contributed by atoms with Crippen LogP contribution < -0.4 is 10.1 Å². The van der Waals surface area contributed by atoms with E-state index in [1.165, 1.54) is 0 Å². The Morgan fingerprint density at radius 1 is 1.36 bits per heavy atom. The van der Waals surface area contributed by atoms with E-state index < -0.39 is 0 Å². The lowest BCUT2D eigenvalue weighted by atomic mass is 10.1. The topological polar surface area (TPSA) is 94.1 Å². The second kappa shape index (κ2) is 7.47. The lowest BCUT2D eigenvalue weighted by Gasteiger charge is -2.25. The van der Waals surface area contributed by atoms with Crippen molar-refractivity contribution in [1.29, 1.82) is 0 Å². The van der Waals surface area contributed by atoms with Crippen LogP contribution in [-0.4, -0.2) is 32.8 Å². The number of rotatable bonds is 5. The zero-order valence-electron chi connectivity index (χ0n) is 16.2. The molecule has 0 fully saturated rings. The minimum Gasteiger partial charge on any atom is -0.497 e. The van der Waals surface area contributed by atoms with Gasteiger partial charge in [0.05, 0.1) is 38.0 Å². The Morgan fingerprint density at radius 3 is 2.82 bits per heavy atom. The fourth-order valence-corrected chi connectivity index (χ4v) is 3.42. The Hall–Kier alpha value is -3.13. The lowest BCUT2D eigenvalue weighted by molar-refractivity contribution is 0.00255. The zero-order chi connectivity index (χ0) is 19.7. The first-order valence-electron chi connectivity index (χ1n) is 9.15. The molecule has 0 spiro atoms. The van der Waals surface area contributed by atoms with Crippen molar-refractivity contribution < 1.29 is 14.3 Å². The number of amides is 1. The van der Waals surface area contributed by atoms with Gasteiger partial charge in [-0.2, -0.15) is 5.10 Å². The highest BCUT2D eigenvalue weighted by atomic mass is 16.5. The average molecular weight is 381 g/mol. The number of imidazole rings is 1. The molecule has 8 heteroatoms.